The number of allylic oxidation sites excluding steroid dienone is 1. The van der Waals surface area contributed by atoms with Gasteiger partial charge >= 0.3 is 0 Å². The largest absolute Gasteiger partial charge is 0.337 e. The summed E-state index contributed by atoms with van der Waals surface area (Å²) in [7, 11) is 0. The highest BCUT2D eigenvalue weighted by Crippen LogP contribution is 2.24. The van der Waals surface area contributed by atoms with E-state index < -0.39 is 4.92 Å². The molecule has 2 heterocycles. The second kappa shape index (κ2) is 7.09. The lowest BCUT2D eigenvalue weighted by atomic mass is 10.1. The molecule has 0 aliphatic heterocycles. The molecule has 0 amide bonds. The van der Waals surface area contributed by atoms with Gasteiger partial charge in [-0.2, -0.15) is 5.26 Å². The first kappa shape index (κ1) is 18.2. The Morgan fingerprint density at radius 1 is 1.21 bits per heavy atom. The van der Waals surface area contributed by atoms with E-state index in [0.29, 0.717) is 17.1 Å². The van der Waals surface area contributed by atoms with E-state index in [1.54, 1.807) is 29.0 Å². The molecule has 0 unspecified atom stereocenters. The van der Waals surface area contributed by atoms with Crippen molar-refractivity contribution in [3.05, 3.63) is 87.5 Å². The number of nitriles is 1. The van der Waals surface area contributed by atoms with Crippen molar-refractivity contribution < 1.29 is 4.92 Å². The van der Waals surface area contributed by atoms with Crippen molar-refractivity contribution >= 4 is 28.4 Å². The number of aromatic nitrogens is 3. The highest BCUT2D eigenvalue weighted by atomic mass is 16.6. The van der Waals surface area contributed by atoms with E-state index >= 15 is 0 Å². The molecule has 1 N–H and O–H groups in total. The lowest BCUT2D eigenvalue weighted by Crippen LogP contribution is -1.97. The zero-order valence-corrected chi connectivity index (χ0v) is 15.9. The molecule has 0 aliphatic rings. The van der Waals surface area contributed by atoms with Crippen LogP contribution in [-0.4, -0.2) is 19.5 Å². The van der Waals surface area contributed by atoms with Crippen LogP contribution in [0.25, 0.3) is 28.4 Å². The molecular weight excluding hydrogens is 366 g/mol. The van der Waals surface area contributed by atoms with Gasteiger partial charge in [0.2, 0.25) is 0 Å². The zero-order chi connectivity index (χ0) is 20.5. The van der Waals surface area contributed by atoms with Gasteiger partial charge in [0.1, 0.15) is 11.9 Å². The summed E-state index contributed by atoms with van der Waals surface area (Å²) in [6.07, 6.45) is 3.52. The number of aryl methyl sites for hydroxylation is 2. The highest BCUT2D eigenvalue weighted by Gasteiger charge is 2.12. The minimum Gasteiger partial charge on any atom is -0.337 e. The lowest BCUT2D eigenvalue weighted by Gasteiger charge is -2.06. The second-order valence-electron chi connectivity index (χ2n) is 6.79. The predicted molar refractivity (Wildman–Crippen MR) is 111 cm³/mol. The molecule has 0 fully saturated rings. The van der Waals surface area contributed by atoms with Gasteiger partial charge in [-0.25, -0.2) is 4.98 Å². The Kier molecular flexibility index (Phi) is 4.45. The minimum absolute atomic E-state index is 0.00894. The van der Waals surface area contributed by atoms with Crippen molar-refractivity contribution in [3.8, 4) is 11.8 Å². The summed E-state index contributed by atoms with van der Waals surface area (Å²) in [5.41, 5.74) is 5.71. The van der Waals surface area contributed by atoms with Crippen LogP contribution in [0.4, 0.5) is 5.69 Å². The lowest BCUT2D eigenvalue weighted by molar-refractivity contribution is -0.384. The summed E-state index contributed by atoms with van der Waals surface area (Å²) in [6, 6.07) is 16.2. The Hall–Kier alpha value is -4.18. The zero-order valence-electron chi connectivity index (χ0n) is 15.9. The fourth-order valence-corrected chi connectivity index (χ4v) is 3.20. The average molecular weight is 383 g/mol. The fraction of sp³-hybridized carbons (Fsp3) is 0.0909. The molecule has 2 aromatic carbocycles. The number of hydrogen-bond donors (Lipinski definition) is 1. The topological polar surface area (TPSA) is 101 Å². The summed E-state index contributed by atoms with van der Waals surface area (Å²) >= 11 is 0. The highest BCUT2D eigenvalue weighted by molar-refractivity contribution is 5.90. The maximum absolute atomic E-state index is 11.1. The van der Waals surface area contributed by atoms with Gasteiger partial charge in [0, 0.05) is 24.0 Å². The fourth-order valence-electron chi connectivity index (χ4n) is 3.20. The molecule has 142 valence electrons. The van der Waals surface area contributed by atoms with Crippen molar-refractivity contribution in [1.82, 2.24) is 14.5 Å². The first-order chi connectivity index (χ1) is 14.0. The van der Waals surface area contributed by atoms with Gasteiger partial charge in [0.15, 0.2) is 0 Å². The molecule has 0 radical (unpaired) electrons. The van der Waals surface area contributed by atoms with E-state index in [-0.39, 0.29) is 5.69 Å². The number of non-ortho nitro benzene ring substituents is 1. The number of nitrogens with zero attached hydrogens (tertiary/aromatic N) is 4. The van der Waals surface area contributed by atoms with Crippen LogP contribution in [0.5, 0.6) is 0 Å². The summed E-state index contributed by atoms with van der Waals surface area (Å²) in [6.45, 7) is 4.05. The summed E-state index contributed by atoms with van der Waals surface area (Å²) < 4.78 is 1.79. The van der Waals surface area contributed by atoms with Crippen LogP contribution in [0.1, 0.15) is 22.6 Å². The SMILES string of the molecule is Cc1cc2nc(/C(C#N)=C/c3cccn3-c3cccc([N+](=O)[O-])c3)[nH]c2cc1C. The molecule has 0 saturated heterocycles. The quantitative estimate of drug-likeness (QED) is 0.306. The average Bonchev–Trinajstić information content (AvgIpc) is 3.33. The third-order valence-corrected chi connectivity index (χ3v) is 4.86. The molecule has 0 spiro atoms. The van der Waals surface area contributed by atoms with Gasteiger partial charge in [0.05, 0.1) is 27.2 Å². The Morgan fingerprint density at radius 2 is 2.00 bits per heavy atom. The van der Waals surface area contributed by atoms with Crippen LogP contribution in [0.2, 0.25) is 0 Å². The molecule has 0 aliphatic carbocycles. The summed E-state index contributed by atoms with van der Waals surface area (Å²) in [4.78, 5) is 18.4. The van der Waals surface area contributed by atoms with Gasteiger partial charge in [-0.1, -0.05) is 6.07 Å². The smallest absolute Gasteiger partial charge is 0.271 e. The summed E-state index contributed by atoms with van der Waals surface area (Å²) in [5.74, 6) is 0.485. The second-order valence-corrected chi connectivity index (χ2v) is 6.79. The monoisotopic (exact) mass is 383 g/mol. The van der Waals surface area contributed by atoms with E-state index in [4.69, 9.17) is 0 Å². The number of fused-ring (bicyclic) bond motifs is 1. The molecule has 29 heavy (non-hydrogen) atoms. The maximum Gasteiger partial charge on any atom is 0.271 e. The van der Waals surface area contributed by atoms with Crippen molar-refractivity contribution in [2.45, 2.75) is 13.8 Å². The first-order valence-corrected chi connectivity index (χ1v) is 8.97. The van der Waals surface area contributed by atoms with Crippen molar-refractivity contribution in [2.75, 3.05) is 0 Å². The standard InChI is InChI=1S/C22H17N5O2/c1-14-9-20-21(10-15(14)2)25-22(24-20)16(13-23)11-17-7-4-8-26(17)18-5-3-6-19(12-18)27(28)29/h3-12H,1-2H3,(H,24,25)/b16-11+. The van der Waals surface area contributed by atoms with Crippen LogP contribution in [0.3, 0.4) is 0 Å². The number of H-pyrrole nitrogens is 1. The molecular formula is C22H17N5O2. The van der Waals surface area contributed by atoms with Crippen molar-refractivity contribution in [1.29, 1.82) is 5.26 Å². The molecule has 7 nitrogen and oxygen atoms in total. The van der Waals surface area contributed by atoms with Crippen molar-refractivity contribution in [2.24, 2.45) is 0 Å². The van der Waals surface area contributed by atoms with E-state index in [2.05, 4.69) is 16.0 Å². The van der Waals surface area contributed by atoms with Crippen molar-refractivity contribution in [3.63, 3.8) is 0 Å². The van der Waals surface area contributed by atoms with Crippen LogP contribution in [0.15, 0.2) is 54.7 Å². The third-order valence-electron chi connectivity index (χ3n) is 4.86. The molecule has 4 rings (SSSR count). The van der Waals surface area contributed by atoms with Gasteiger partial charge in [-0.05, 0) is 61.4 Å². The number of nitro groups is 1. The van der Waals surface area contributed by atoms with E-state index in [1.807, 2.05) is 38.1 Å². The minimum atomic E-state index is -0.429. The first-order valence-electron chi connectivity index (χ1n) is 8.97. The molecule has 2 aromatic heterocycles. The molecule has 4 aromatic rings. The van der Waals surface area contributed by atoms with Crippen LogP contribution in [-0.2, 0) is 0 Å². The number of nitrogens with one attached hydrogen (secondary N) is 1. The molecule has 0 saturated carbocycles. The van der Waals surface area contributed by atoms with Gasteiger partial charge < -0.3 is 9.55 Å². The molecule has 0 bridgehead atoms. The number of nitro benzene ring substituents is 1. The summed E-state index contributed by atoms with van der Waals surface area (Å²) in [5, 5.41) is 20.8. The van der Waals surface area contributed by atoms with Crippen LogP contribution >= 0.6 is 0 Å². The Balaban J connectivity index is 1.78. The Labute approximate surface area is 166 Å². The number of rotatable bonds is 4. The molecule has 7 heteroatoms. The van der Waals surface area contributed by atoms with Gasteiger partial charge in [0.25, 0.3) is 5.69 Å². The van der Waals surface area contributed by atoms with Gasteiger partial charge in [-0.15, -0.1) is 0 Å². The number of benzene rings is 2. The third kappa shape index (κ3) is 3.39. The number of aromatic amines is 1. The Morgan fingerprint density at radius 3 is 2.76 bits per heavy atom. The Bertz CT molecular complexity index is 1280. The number of hydrogen-bond acceptors (Lipinski definition) is 4. The predicted octanol–water partition coefficient (Wildman–Crippen LogP) is 4.94. The van der Waals surface area contributed by atoms with Crippen LogP contribution in [0, 0.1) is 35.3 Å². The van der Waals surface area contributed by atoms with Gasteiger partial charge in [-0.3, -0.25) is 10.1 Å². The maximum atomic E-state index is 11.1. The normalized spacial score (nSPS) is 11.6. The van der Waals surface area contributed by atoms with Crippen LogP contribution < -0.4 is 0 Å². The van der Waals surface area contributed by atoms with E-state index in [0.717, 1.165) is 27.9 Å². The molecule has 0 atom stereocenters. The van der Waals surface area contributed by atoms with E-state index in [9.17, 15) is 15.4 Å². The number of imidazole rings is 1. The van der Waals surface area contributed by atoms with E-state index in [1.165, 1.54) is 12.1 Å².